The van der Waals surface area contributed by atoms with E-state index in [4.69, 9.17) is 11.6 Å². The van der Waals surface area contributed by atoms with Gasteiger partial charge in [0.15, 0.2) is 0 Å². The molecule has 2 aromatic rings. The minimum absolute atomic E-state index is 0.0767. The van der Waals surface area contributed by atoms with E-state index in [1.54, 1.807) is 6.07 Å². The molecule has 0 radical (unpaired) electrons. The maximum atomic E-state index is 10.2. The van der Waals surface area contributed by atoms with Gasteiger partial charge in [0.1, 0.15) is 11.8 Å². The summed E-state index contributed by atoms with van der Waals surface area (Å²) in [6.45, 7) is 2.04. The molecule has 0 saturated carbocycles. The molecular weight excluding hydrogens is 306 g/mol. The van der Waals surface area contributed by atoms with Crippen molar-refractivity contribution in [3.05, 3.63) is 64.7 Å². The van der Waals surface area contributed by atoms with Crippen molar-refractivity contribution in [2.24, 2.45) is 0 Å². The second kappa shape index (κ2) is 7.55. The fourth-order valence-corrected chi connectivity index (χ4v) is 3.07. The van der Waals surface area contributed by atoms with Crippen LogP contribution in [0.15, 0.2) is 48.5 Å². The van der Waals surface area contributed by atoms with Crippen molar-refractivity contribution in [1.29, 1.82) is 0 Å². The van der Waals surface area contributed by atoms with Crippen LogP contribution < -0.4 is 0 Å². The standard InChI is InChI=1S/C20H20ClNO/c21-17-11-8-16(9-12-17)10-13-19(22-14-4-1-5-15-22)18-6-2-3-7-20(18)23/h2-3,6-9,11-12,19,23H,1,4-5,14-15H2. The lowest BCUT2D eigenvalue weighted by Gasteiger charge is -2.32. The lowest BCUT2D eigenvalue weighted by atomic mass is 10.0. The van der Waals surface area contributed by atoms with E-state index in [-0.39, 0.29) is 6.04 Å². The number of benzene rings is 2. The molecule has 1 saturated heterocycles. The van der Waals surface area contributed by atoms with Crippen molar-refractivity contribution in [3.8, 4) is 17.6 Å². The molecule has 1 atom stereocenters. The fraction of sp³-hybridized carbons (Fsp3) is 0.300. The van der Waals surface area contributed by atoms with Gasteiger partial charge in [-0.1, -0.05) is 48.1 Å². The summed E-state index contributed by atoms with van der Waals surface area (Å²) in [6, 6.07) is 15.0. The molecule has 1 fully saturated rings. The van der Waals surface area contributed by atoms with Crippen LogP contribution in [0.2, 0.25) is 5.02 Å². The third-order valence-electron chi connectivity index (χ3n) is 4.18. The van der Waals surface area contributed by atoms with Crippen molar-refractivity contribution >= 4 is 11.6 Å². The Morgan fingerprint density at radius 2 is 1.65 bits per heavy atom. The van der Waals surface area contributed by atoms with Gasteiger partial charge in [-0.15, -0.1) is 0 Å². The van der Waals surface area contributed by atoms with Crippen LogP contribution in [0.5, 0.6) is 5.75 Å². The van der Waals surface area contributed by atoms with Crippen LogP contribution in [0.1, 0.15) is 36.4 Å². The SMILES string of the molecule is Oc1ccccc1C(C#Cc1ccc(Cl)cc1)N1CCCCC1. The molecule has 1 aliphatic heterocycles. The van der Waals surface area contributed by atoms with E-state index in [0.29, 0.717) is 10.8 Å². The van der Waals surface area contributed by atoms with Crippen LogP contribution in [-0.2, 0) is 0 Å². The van der Waals surface area contributed by atoms with Gasteiger partial charge in [0, 0.05) is 16.1 Å². The van der Waals surface area contributed by atoms with Gasteiger partial charge < -0.3 is 5.11 Å². The molecular formula is C20H20ClNO. The molecule has 0 spiro atoms. The zero-order valence-electron chi connectivity index (χ0n) is 13.0. The Balaban J connectivity index is 1.92. The van der Waals surface area contributed by atoms with Gasteiger partial charge in [-0.25, -0.2) is 0 Å². The summed E-state index contributed by atoms with van der Waals surface area (Å²) < 4.78 is 0. The van der Waals surface area contributed by atoms with Gasteiger partial charge in [-0.05, 0) is 56.3 Å². The molecule has 0 amide bonds. The molecule has 2 nitrogen and oxygen atoms in total. The molecule has 118 valence electrons. The summed E-state index contributed by atoms with van der Waals surface area (Å²) in [5.41, 5.74) is 1.82. The number of halogens is 1. The van der Waals surface area contributed by atoms with Gasteiger partial charge >= 0.3 is 0 Å². The van der Waals surface area contributed by atoms with Gasteiger partial charge in [-0.2, -0.15) is 0 Å². The number of rotatable bonds is 2. The van der Waals surface area contributed by atoms with E-state index in [9.17, 15) is 5.11 Å². The van der Waals surface area contributed by atoms with Crippen LogP contribution in [0, 0.1) is 11.8 Å². The Morgan fingerprint density at radius 1 is 0.957 bits per heavy atom. The van der Waals surface area contributed by atoms with E-state index >= 15 is 0 Å². The summed E-state index contributed by atoms with van der Waals surface area (Å²) in [4.78, 5) is 2.36. The Kier molecular flexibility index (Phi) is 5.23. The van der Waals surface area contributed by atoms with Crippen molar-refractivity contribution in [2.45, 2.75) is 25.3 Å². The molecule has 1 heterocycles. The first-order valence-electron chi connectivity index (χ1n) is 8.03. The van der Waals surface area contributed by atoms with Gasteiger partial charge in [0.2, 0.25) is 0 Å². The molecule has 23 heavy (non-hydrogen) atoms. The molecule has 2 aromatic carbocycles. The second-order valence-electron chi connectivity index (χ2n) is 5.83. The smallest absolute Gasteiger partial charge is 0.121 e. The minimum Gasteiger partial charge on any atom is -0.508 e. The topological polar surface area (TPSA) is 23.5 Å². The molecule has 0 bridgehead atoms. The van der Waals surface area contributed by atoms with Gasteiger partial charge in [-0.3, -0.25) is 4.90 Å². The number of aromatic hydroxyl groups is 1. The summed E-state index contributed by atoms with van der Waals surface area (Å²) in [5, 5.41) is 10.9. The molecule has 3 heteroatoms. The average Bonchev–Trinajstić information content (AvgIpc) is 2.59. The highest BCUT2D eigenvalue weighted by molar-refractivity contribution is 6.30. The van der Waals surface area contributed by atoms with Crippen LogP contribution in [0.4, 0.5) is 0 Å². The van der Waals surface area contributed by atoms with Crippen LogP contribution in [0.25, 0.3) is 0 Å². The van der Waals surface area contributed by atoms with Gasteiger partial charge in [0.25, 0.3) is 0 Å². The lowest BCUT2D eigenvalue weighted by Crippen LogP contribution is -2.33. The van der Waals surface area contributed by atoms with Gasteiger partial charge in [0.05, 0.1) is 0 Å². The number of phenolic OH excluding ortho intramolecular Hbond substituents is 1. The Morgan fingerprint density at radius 3 is 2.35 bits per heavy atom. The van der Waals surface area contributed by atoms with E-state index < -0.39 is 0 Å². The average molecular weight is 326 g/mol. The number of piperidine rings is 1. The van der Waals surface area contributed by atoms with Crippen molar-refractivity contribution < 1.29 is 5.11 Å². The van der Waals surface area contributed by atoms with Crippen molar-refractivity contribution in [2.75, 3.05) is 13.1 Å². The highest BCUT2D eigenvalue weighted by Gasteiger charge is 2.22. The molecule has 3 rings (SSSR count). The number of phenols is 1. The highest BCUT2D eigenvalue weighted by atomic mass is 35.5. The summed E-state index contributed by atoms with van der Waals surface area (Å²) >= 11 is 5.92. The Bertz CT molecular complexity index is 708. The number of hydrogen-bond donors (Lipinski definition) is 1. The van der Waals surface area contributed by atoms with Crippen molar-refractivity contribution in [3.63, 3.8) is 0 Å². The normalized spacial score (nSPS) is 16.4. The first-order valence-corrected chi connectivity index (χ1v) is 8.41. The number of nitrogens with zero attached hydrogens (tertiary/aromatic N) is 1. The first-order chi connectivity index (χ1) is 11.2. The molecule has 1 aliphatic rings. The number of likely N-dealkylation sites (tertiary alicyclic amines) is 1. The van der Waals surface area contributed by atoms with Crippen LogP contribution in [0.3, 0.4) is 0 Å². The van der Waals surface area contributed by atoms with Crippen LogP contribution in [-0.4, -0.2) is 23.1 Å². The maximum absolute atomic E-state index is 10.2. The Hall–Kier alpha value is -1.95. The maximum Gasteiger partial charge on any atom is 0.121 e. The number of para-hydroxylation sites is 1. The summed E-state index contributed by atoms with van der Waals surface area (Å²) in [5.74, 6) is 6.90. The minimum atomic E-state index is -0.0767. The third kappa shape index (κ3) is 4.07. The predicted octanol–water partition coefficient (Wildman–Crippen LogP) is 4.62. The monoisotopic (exact) mass is 325 g/mol. The molecule has 1 N–H and O–H groups in total. The third-order valence-corrected chi connectivity index (χ3v) is 4.44. The van der Waals surface area contributed by atoms with E-state index in [2.05, 4.69) is 16.7 Å². The fourth-order valence-electron chi connectivity index (χ4n) is 2.95. The van der Waals surface area contributed by atoms with Crippen molar-refractivity contribution in [1.82, 2.24) is 4.90 Å². The zero-order valence-corrected chi connectivity index (χ0v) is 13.8. The second-order valence-corrected chi connectivity index (χ2v) is 6.27. The van der Waals surface area contributed by atoms with Crippen LogP contribution >= 0.6 is 11.6 Å². The first kappa shape index (κ1) is 15.9. The summed E-state index contributed by atoms with van der Waals surface area (Å²) in [7, 11) is 0. The quantitative estimate of drug-likeness (QED) is 0.814. The Labute approximate surface area is 142 Å². The zero-order chi connectivity index (χ0) is 16.1. The predicted molar refractivity (Wildman–Crippen MR) is 94.6 cm³/mol. The number of hydrogen-bond acceptors (Lipinski definition) is 2. The lowest BCUT2D eigenvalue weighted by molar-refractivity contribution is 0.195. The molecule has 0 aromatic heterocycles. The largest absolute Gasteiger partial charge is 0.508 e. The highest BCUT2D eigenvalue weighted by Crippen LogP contribution is 2.30. The molecule has 1 unspecified atom stereocenters. The van der Waals surface area contributed by atoms with E-state index in [0.717, 1.165) is 24.2 Å². The summed E-state index contributed by atoms with van der Waals surface area (Å²) in [6.07, 6.45) is 3.65. The van der Waals surface area contributed by atoms with E-state index in [1.807, 2.05) is 42.5 Å². The molecule has 0 aliphatic carbocycles. The van der Waals surface area contributed by atoms with E-state index in [1.165, 1.54) is 19.3 Å².